The molecule has 1 fully saturated rings. The number of hydrogen-bond acceptors (Lipinski definition) is 4. The molecule has 2 rings (SSSR count). The van der Waals surface area contributed by atoms with Gasteiger partial charge in [-0.3, -0.25) is 4.68 Å². The van der Waals surface area contributed by atoms with Gasteiger partial charge in [-0.15, -0.1) is 12.4 Å². The number of sulfonamides is 1. The molecule has 6 nitrogen and oxygen atoms in total. The Morgan fingerprint density at radius 3 is 2.79 bits per heavy atom. The maximum atomic E-state index is 12.4. The molecule has 1 aromatic rings. The van der Waals surface area contributed by atoms with Gasteiger partial charge in [0.1, 0.15) is 0 Å². The molecule has 1 aliphatic rings. The number of halogens is 2. The van der Waals surface area contributed by atoms with E-state index in [1.807, 2.05) is 7.05 Å². The van der Waals surface area contributed by atoms with Crippen LogP contribution in [-0.4, -0.2) is 49.2 Å². The number of aromatic nitrogens is 2. The lowest BCUT2D eigenvalue weighted by Gasteiger charge is -2.16. The highest BCUT2D eigenvalue weighted by molar-refractivity contribution is 7.89. The second kappa shape index (κ2) is 6.41. The molecule has 0 aliphatic carbocycles. The number of hydrogen-bond donors (Lipinski definition) is 1. The average Bonchev–Trinajstić information content (AvgIpc) is 2.87. The maximum absolute atomic E-state index is 12.4. The molecule has 0 saturated carbocycles. The Labute approximate surface area is 124 Å². The second-order valence-corrected chi connectivity index (χ2v) is 6.76. The highest BCUT2D eigenvalue weighted by Gasteiger charge is 2.35. The van der Waals surface area contributed by atoms with Crippen LogP contribution in [0.25, 0.3) is 0 Å². The first-order valence-corrected chi connectivity index (χ1v) is 7.61. The third-order valence-corrected chi connectivity index (χ3v) is 5.54. The predicted octanol–water partition coefficient (Wildman–Crippen LogP) is 0.725. The molecule has 19 heavy (non-hydrogen) atoms. The fourth-order valence-corrected chi connectivity index (χ4v) is 4.42. The van der Waals surface area contributed by atoms with Crippen LogP contribution in [0, 0.1) is 5.92 Å². The molecule has 0 spiro atoms. The molecule has 1 unspecified atom stereocenters. The van der Waals surface area contributed by atoms with E-state index in [4.69, 9.17) is 11.6 Å². The maximum Gasteiger partial charge on any atom is 0.261 e. The van der Waals surface area contributed by atoms with Gasteiger partial charge in [-0.05, 0) is 25.9 Å². The highest BCUT2D eigenvalue weighted by Crippen LogP contribution is 2.27. The van der Waals surface area contributed by atoms with Crippen LogP contribution < -0.4 is 5.32 Å². The molecule has 1 aliphatic heterocycles. The van der Waals surface area contributed by atoms with E-state index in [1.54, 1.807) is 7.05 Å². The third kappa shape index (κ3) is 3.22. The third-order valence-electron chi connectivity index (χ3n) is 3.17. The van der Waals surface area contributed by atoms with Gasteiger partial charge in [0, 0.05) is 20.1 Å². The molecular formula is C10H18Cl2N4O2S. The van der Waals surface area contributed by atoms with E-state index in [0.29, 0.717) is 19.0 Å². The van der Waals surface area contributed by atoms with Crippen molar-refractivity contribution in [3.8, 4) is 0 Å². The first kappa shape index (κ1) is 16.7. The van der Waals surface area contributed by atoms with Crippen molar-refractivity contribution in [1.82, 2.24) is 19.4 Å². The van der Waals surface area contributed by atoms with Gasteiger partial charge in [0.05, 0.1) is 11.2 Å². The van der Waals surface area contributed by atoms with Crippen LogP contribution >= 0.6 is 24.0 Å². The quantitative estimate of drug-likeness (QED) is 0.884. The van der Waals surface area contributed by atoms with Crippen molar-refractivity contribution in [2.75, 3.05) is 26.7 Å². The van der Waals surface area contributed by atoms with Gasteiger partial charge in [-0.1, -0.05) is 11.6 Å². The Morgan fingerprint density at radius 2 is 2.26 bits per heavy atom. The van der Waals surface area contributed by atoms with Crippen LogP contribution in [0.4, 0.5) is 0 Å². The largest absolute Gasteiger partial charge is 0.319 e. The van der Waals surface area contributed by atoms with E-state index in [-0.39, 0.29) is 22.5 Å². The van der Waals surface area contributed by atoms with E-state index in [9.17, 15) is 8.42 Å². The number of aryl methyl sites for hydroxylation is 1. The lowest BCUT2D eigenvalue weighted by atomic mass is 10.1. The molecule has 9 heteroatoms. The molecule has 0 amide bonds. The Morgan fingerprint density at radius 1 is 1.58 bits per heavy atom. The van der Waals surface area contributed by atoms with Crippen LogP contribution in [-0.2, 0) is 17.1 Å². The predicted molar refractivity (Wildman–Crippen MR) is 76.3 cm³/mol. The van der Waals surface area contributed by atoms with Crippen LogP contribution in [0.5, 0.6) is 0 Å². The zero-order chi connectivity index (χ0) is 13.3. The van der Waals surface area contributed by atoms with Crippen molar-refractivity contribution in [1.29, 1.82) is 0 Å². The summed E-state index contributed by atoms with van der Waals surface area (Å²) in [5.74, 6) is 0.358. The normalized spacial score (nSPS) is 20.5. The number of rotatable bonds is 4. The summed E-state index contributed by atoms with van der Waals surface area (Å²) < 4.78 is 27.7. The fraction of sp³-hybridized carbons (Fsp3) is 0.700. The van der Waals surface area contributed by atoms with Crippen molar-refractivity contribution >= 4 is 34.0 Å². The first-order valence-electron chi connectivity index (χ1n) is 5.79. The van der Waals surface area contributed by atoms with E-state index < -0.39 is 10.0 Å². The SMILES string of the molecule is CNCC1CCN(S(=O)(=O)c2c(Cl)cnn2C)C1.Cl. The van der Waals surface area contributed by atoms with Crippen molar-refractivity contribution in [2.24, 2.45) is 13.0 Å². The molecule has 2 heterocycles. The molecule has 0 radical (unpaired) electrons. The van der Waals surface area contributed by atoms with Gasteiger partial charge in [0.15, 0.2) is 5.03 Å². The van der Waals surface area contributed by atoms with Crippen LogP contribution in [0.15, 0.2) is 11.2 Å². The summed E-state index contributed by atoms with van der Waals surface area (Å²) in [7, 11) is -0.0804. The smallest absolute Gasteiger partial charge is 0.261 e. The van der Waals surface area contributed by atoms with E-state index in [2.05, 4.69) is 10.4 Å². The van der Waals surface area contributed by atoms with Crippen molar-refractivity contribution in [3.05, 3.63) is 11.2 Å². The van der Waals surface area contributed by atoms with Crippen LogP contribution in [0.1, 0.15) is 6.42 Å². The molecule has 110 valence electrons. The van der Waals surface area contributed by atoms with Gasteiger partial charge in [-0.25, -0.2) is 8.42 Å². The molecule has 0 bridgehead atoms. The Hall–Kier alpha value is -0.340. The number of nitrogens with zero attached hydrogens (tertiary/aromatic N) is 3. The first-order chi connectivity index (χ1) is 8.46. The Balaban J connectivity index is 0.00000180. The van der Waals surface area contributed by atoms with Crippen LogP contribution in [0.3, 0.4) is 0 Å². The lowest BCUT2D eigenvalue weighted by molar-refractivity contribution is 0.444. The van der Waals surface area contributed by atoms with Gasteiger partial charge in [-0.2, -0.15) is 9.40 Å². The molecule has 1 saturated heterocycles. The topological polar surface area (TPSA) is 67.2 Å². The molecule has 0 aromatic carbocycles. The standard InChI is InChI=1S/C10H17ClN4O2S.ClH/c1-12-5-8-3-4-15(7-8)18(16,17)10-9(11)6-13-14(10)2;/h6,8,12H,3-5,7H2,1-2H3;1H. The molecule has 1 N–H and O–H groups in total. The summed E-state index contributed by atoms with van der Waals surface area (Å²) in [6.45, 7) is 1.89. The van der Waals surface area contributed by atoms with E-state index in [0.717, 1.165) is 13.0 Å². The summed E-state index contributed by atoms with van der Waals surface area (Å²) in [5.41, 5.74) is 0. The van der Waals surface area contributed by atoms with Gasteiger partial charge in [0.25, 0.3) is 10.0 Å². The molecule has 1 atom stereocenters. The highest BCUT2D eigenvalue weighted by atomic mass is 35.5. The second-order valence-electron chi connectivity index (χ2n) is 4.50. The molecular weight excluding hydrogens is 311 g/mol. The zero-order valence-corrected chi connectivity index (χ0v) is 13.2. The number of nitrogens with one attached hydrogen (secondary N) is 1. The van der Waals surface area contributed by atoms with Crippen molar-refractivity contribution in [3.63, 3.8) is 0 Å². The zero-order valence-electron chi connectivity index (χ0n) is 10.8. The van der Waals surface area contributed by atoms with Gasteiger partial charge < -0.3 is 5.32 Å². The summed E-state index contributed by atoms with van der Waals surface area (Å²) in [4.78, 5) is 0. The van der Waals surface area contributed by atoms with E-state index >= 15 is 0 Å². The average molecular weight is 329 g/mol. The van der Waals surface area contributed by atoms with E-state index in [1.165, 1.54) is 15.2 Å². The Bertz CT molecular complexity index is 512. The van der Waals surface area contributed by atoms with Crippen LogP contribution in [0.2, 0.25) is 5.02 Å². The minimum Gasteiger partial charge on any atom is -0.319 e. The summed E-state index contributed by atoms with van der Waals surface area (Å²) in [6, 6.07) is 0. The fourth-order valence-electron chi connectivity index (χ4n) is 2.28. The monoisotopic (exact) mass is 328 g/mol. The lowest BCUT2D eigenvalue weighted by Crippen LogP contribution is -2.31. The van der Waals surface area contributed by atoms with Crippen molar-refractivity contribution in [2.45, 2.75) is 11.4 Å². The van der Waals surface area contributed by atoms with Gasteiger partial charge >= 0.3 is 0 Å². The minimum atomic E-state index is -3.53. The van der Waals surface area contributed by atoms with Crippen molar-refractivity contribution < 1.29 is 8.42 Å². The van der Waals surface area contributed by atoms with Gasteiger partial charge in [0.2, 0.25) is 0 Å². The summed E-state index contributed by atoms with van der Waals surface area (Å²) >= 11 is 5.90. The summed E-state index contributed by atoms with van der Waals surface area (Å²) in [5, 5.41) is 7.20. The Kier molecular flexibility index (Phi) is 5.64. The molecule has 1 aromatic heterocycles. The summed E-state index contributed by atoms with van der Waals surface area (Å²) in [6.07, 6.45) is 2.23. The minimum absolute atomic E-state index is 0.